The number of hydrogen-bond donors (Lipinski definition) is 0. The van der Waals surface area contributed by atoms with Gasteiger partial charge in [-0.05, 0) is 24.1 Å². The van der Waals surface area contributed by atoms with Crippen LogP contribution in [0.1, 0.15) is 35.7 Å². The molecule has 0 saturated heterocycles. The van der Waals surface area contributed by atoms with Gasteiger partial charge >= 0.3 is 0 Å². The highest BCUT2D eigenvalue weighted by Gasteiger charge is 2.21. The van der Waals surface area contributed by atoms with Gasteiger partial charge in [-0.3, -0.25) is 14.5 Å². The first kappa shape index (κ1) is 17.9. The van der Waals surface area contributed by atoms with Crippen LogP contribution in [0.2, 0.25) is 0 Å². The van der Waals surface area contributed by atoms with Crippen LogP contribution in [0.25, 0.3) is 11.3 Å². The summed E-state index contributed by atoms with van der Waals surface area (Å²) in [4.78, 5) is 18.9. The van der Waals surface area contributed by atoms with Crippen molar-refractivity contribution in [3.8, 4) is 11.3 Å². The molecule has 0 radical (unpaired) electrons. The lowest BCUT2D eigenvalue weighted by Crippen LogP contribution is -2.27. The normalized spacial score (nSPS) is 10.7. The predicted molar refractivity (Wildman–Crippen MR) is 103 cm³/mol. The topological polar surface area (TPSA) is 51.0 Å². The third-order valence-electron chi connectivity index (χ3n) is 4.31. The fourth-order valence-electron chi connectivity index (χ4n) is 2.85. The number of aromatic nitrogens is 3. The van der Waals surface area contributed by atoms with Crippen LogP contribution in [0.4, 0.5) is 0 Å². The molecule has 5 heteroatoms. The van der Waals surface area contributed by atoms with E-state index in [0.717, 1.165) is 30.5 Å². The van der Waals surface area contributed by atoms with E-state index in [2.05, 4.69) is 29.1 Å². The van der Waals surface area contributed by atoms with Crippen LogP contribution in [0, 0.1) is 0 Å². The van der Waals surface area contributed by atoms with Crippen molar-refractivity contribution in [3.63, 3.8) is 0 Å². The fraction of sp³-hybridized carbons (Fsp3) is 0.286. The Hall–Kier alpha value is -2.95. The summed E-state index contributed by atoms with van der Waals surface area (Å²) in [7, 11) is 1.85. The molecule has 0 aliphatic rings. The number of pyridine rings is 1. The van der Waals surface area contributed by atoms with Crippen molar-refractivity contribution in [2.24, 2.45) is 0 Å². The second kappa shape index (κ2) is 8.43. The van der Waals surface area contributed by atoms with Gasteiger partial charge in [-0.2, -0.15) is 5.10 Å². The maximum atomic E-state index is 13.0. The predicted octanol–water partition coefficient (Wildman–Crippen LogP) is 3.87. The van der Waals surface area contributed by atoms with Gasteiger partial charge in [0, 0.05) is 37.7 Å². The molecule has 0 N–H and O–H groups in total. The maximum absolute atomic E-state index is 13.0. The highest BCUT2D eigenvalue weighted by atomic mass is 16.2. The average molecular weight is 348 g/mol. The smallest absolute Gasteiger partial charge is 0.257 e. The van der Waals surface area contributed by atoms with Crippen LogP contribution in [0.15, 0.2) is 61.1 Å². The minimum atomic E-state index is -0.00313. The molecule has 3 rings (SSSR count). The molecule has 1 amide bonds. The number of rotatable bonds is 7. The lowest BCUT2D eigenvalue weighted by molar-refractivity contribution is 0.0794. The van der Waals surface area contributed by atoms with Gasteiger partial charge in [0.25, 0.3) is 5.91 Å². The molecule has 0 bridgehead atoms. The number of carbonyl (C=O) groups excluding carboxylic acids is 1. The van der Waals surface area contributed by atoms with Crippen LogP contribution in [0.5, 0.6) is 0 Å². The Bertz CT molecular complexity index is 843. The summed E-state index contributed by atoms with van der Waals surface area (Å²) in [5, 5.41) is 4.69. The van der Waals surface area contributed by atoms with Gasteiger partial charge in [0.1, 0.15) is 5.69 Å². The van der Waals surface area contributed by atoms with Crippen molar-refractivity contribution >= 4 is 5.91 Å². The van der Waals surface area contributed by atoms with Crippen molar-refractivity contribution in [2.45, 2.75) is 26.3 Å². The Morgan fingerprint density at radius 3 is 2.65 bits per heavy atom. The zero-order valence-corrected chi connectivity index (χ0v) is 15.3. The first-order chi connectivity index (χ1) is 12.7. The molecule has 26 heavy (non-hydrogen) atoms. The third kappa shape index (κ3) is 4.17. The minimum Gasteiger partial charge on any atom is -0.342 e. The number of nitrogens with zero attached hydrogens (tertiary/aromatic N) is 4. The average Bonchev–Trinajstić information content (AvgIpc) is 3.10. The van der Waals surface area contributed by atoms with Crippen LogP contribution < -0.4 is 0 Å². The molecule has 1 aromatic carbocycles. The van der Waals surface area contributed by atoms with Crippen LogP contribution in [-0.4, -0.2) is 39.2 Å². The van der Waals surface area contributed by atoms with Crippen LogP contribution >= 0.6 is 0 Å². The van der Waals surface area contributed by atoms with E-state index in [1.807, 2.05) is 48.3 Å². The summed E-state index contributed by atoms with van der Waals surface area (Å²) in [6.07, 6.45) is 7.36. The number of carbonyl (C=O) groups is 1. The molecule has 0 fully saturated rings. The van der Waals surface area contributed by atoms with Gasteiger partial charge in [0.15, 0.2) is 0 Å². The molecule has 0 aliphatic carbocycles. The zero-order chi connectivity index (χ0) is 18.4. The largest absolute Gasteiger partial charge is 0.342 e. The minimum absolute atomic E-state index is 0.00313. The fourth-order valence-corrected chi connectivity index (χ4v) is 2.85. The van der Waals surface area contributed by atoms with E-state index in [-0.39, 0.29) is 5.91 Å². The van der Waals surface area contributed by atoms with E-state index in [1.165, 1.54) is 0 Å². The first-order valence-electron chi connectivity index (χ1n) is 8.96. The lowest BCUT2D eigenvalue weighted by atomic mass is 10.1. The summed E-state index contributed by atoms with van der Waals surface area (Å²) in [6, 6.07) is 13.9. The molecule has 134 valence electrons. The van der Waals surface area contributed by atoms with Crippen molar-refractivity contribution < 1.29 is 4.79 Å². The summed E-state index contributed by atoms with van der Waals surface area (Å²) in [6.45, 7) is 3.49. The summed E-state index contributed by atoms with van der Waals surface area (Å²) in [5.74, 6) is -0.00313. The van der Waals surface area contributed by atoms with Gasteiger partial charge in [0.05, 0.1) is 12.1 Å². The van der Waals surface area contributed by atoms with E-state index in [4.69, 9.17) is 0 Å². The summed E-state index contributed by atoms with van der Waals surface area (Å²) < 4.78 is 1.83. The molecule has 3 aromatic rings. The zero-order valence-electron chi connectivity index (χ0n) is 15.3. The Morgan fingerprint density at radius 2 is 1.96 bits per heavy atom. The Morgan fingerprint density at radius 1 is 1.15 bits per heavy atom. The van der Waals surface area contributed by atoms with Crippen LogP contribution in [-0.2, 0) is 6.54 Å². The number of amides is 1. The van der Waals surface area contributed by atoms with E-state index in [1.54, 1.807) is 17.3 Å². The Balaban J connectivity index is 1.94. The number of unbranched alkanes of at least 4 members (excludes halogenated alkanes) is 1. The highest BCUT2D eigenvalue weighted by Crippen LogP contribution is 2.23. The van der Waals surface area contributed by atoms with Crippen molar-refractivity contribution in [1.82, 2.24) is 19.7 Å². The molecule has 0 spiro atoms. The summed E-state index contributed by atoms with van der Waals surface area (Å²) >= 11 is 0. The van der Waals surface area contributed by atoms with Gasteiger partial charge < -0.3 is 4.90 Å². The Labute approximate surface area is 154 Å². The molecule has 0 saturated carbocycles. The SMILES string of the molecule is CCCCN(C)C(=O)c1cn(Cc2ccccc2)nc1-c1cccnc1. The molecular formula is C21H24N4O. The lowest BCUT2D eigenvalue weighted by Gasteiger charge is -2.16. The molecule has 0 atom stereocenters. The molecule has 0 unspecified atom stereocenters. The highest BCUT2D eigenvalue weighted by molar-refractivity contribution is 5.99. The van der Waals surface area contributed by atoms with E-state index >= 15 is 0 Å². The third-order valence-corrected chi connectivity index (χ3v) is 4.31. The molecule has 0 aliphatic heterocycles. The molecular weight excluding hydrogens is 324 g/mol. The quantitative estimate of drug-likeness (QED) is 0.651. The molecule has 2 heterocycles. The van der Waals surface area contributed by atoms with Gasteiger partial charge in [-0.1, -0.05) is 43.7 Å². The van der Waals surface area contributed by atoms with Gasteiger partial charge in [-0.25, -0.2) is 0 Å². The monoisotopic (exact) mass is 348 g/mol. The van der Waals surface area contributed by atoms with Crippen LogP contribution in [0.3, 0.4) is 0 Å². The summed E-state index contributed by atoms with van der Waals surface area (Å²) in [5.41, 5.74) is 3.30. The standard InChI is InChI=1S/C21H24N4O/c1-3-4-13-24(2)21(26)19-16-25(15-17-9-6-5-7-10-17)23-20(19)18-11-8-12-22-14-18/h5-12,14,16H,3-4,13,15H2,1-2H3. The van der Waals surface area contributed by atoms with E-state index < -0.39 is 0 Å². The Kier molecular flexibility index (Phi) is 5.79. The van der Waals surface area contributed by atoms with Gasteiger partial charge in [0.2, 0.25) is 0 Å². The van der Waals surface area contributed by atoms with E-state index in [0.29, 0.717) is 17.8 Å². The second-order valence-corrected chi connectivity index (χ2v) is 6.40. The van der Waals surface area contributed by atoms with Crippen molar-refractivity contribution in [3.05, 3.63) is 72.2 Å². The number of hydrogen-bond acceptors (Lipinski definition) is 3. The molecule has 2 aromatic heterocycles. The van der Waals surface area contributed by atoms with Crippen molar-refractivity contribution in [1.29, 1.82) is 0 Å². The first-order valence-corrected chi connectivity index (χ1v) is 8.96. The maximum Gasteiger partial charge on any atom is 0.257 e. The number of benzene rings is 1. The van der Waals surface area contributed by atoms with E-state index in [9.17, 15) is 4.79 Å². The van der Waals surface area contributed by atoms with Crippen molar-refractivity contribution in [2.75, 3.05) is 13.6 Å². The second-order valence-electron chi connectivity index (χ2n) is 6.40. The molecule has 5 nitrogen and oxygen atoms in total. The van der Waals surface area contributed by atoms with Gasteiger partial charge in [-0.15, -0.1) is 0 Å².